The van der Waals surface area contributed by atoms with Crippen molar-refractivity contribution in [2.24, 2.45) is 0 Å². The Morgan fingerprint density at radius 3 is 2.58 bits per heavy atom. The number of nitrogens with zero attached hydrogens (tertiary/aromatic N) is 2. The first-order valence-electron chi connectivity index (χ1n) is 8.35. The molecule has 0 aliphatic carbocycles. The average Bonchev–Trinajstić information content (AvgIpc) is 2.63. The van der Waals surface area contributed by atoms with Crippen LogP contribution in [-0.2, 0) is 6.54 Å². The third kappa shape index (κ3) is 2.86. The van der Waals surface area contributed by atoms with E-state index in [0.717, 1.165) is 10.8 Å². The van der Waals surface area contributed by atoms with Gasteiger partial charge in [0.05, 0.1) is 29.9 Å². The molecular weight excluding hydrogens is 331 g/mol. The second kappa shape index (κ2) is 6.35. The molecule has 1 atom stereocenters. The minimum absolute atomic E-state index is 0.0566. The number of halogens is 1. The van der Waals surface area contributed by atoms with Crippen LogP contribution in [0.25, 0.3) is 21.7 Å². The second-order valence-electron chi connectivity index (χ2n) is 6.44. The summed E-state index contributed by atoms with van der Waals surface area (Å²) < 4.78 is 14.7. The van der Waals surface area contributed by atoms with Crippen molar-refractivity contribution in [2.45, 2.75) is 19.6 Å². The Balaban J connectivity index is 1.75. The van der Waals surface area contributed by atoms with Crippen LogP contribution in [0.2, 0.25) is 0 Å². The Morgan fingerprint density at radius 2 is 1.85 bits per heavy atom. The van der Waals surface area contributed by atoms with Gasteiger partial charge >= 0.3 is 0 Å². The third-order valence-corrected chi connectivity index (χ3v) is 4.65. The van der Waals surface area contributed by atoms with Crippen LogP contribution in [-0.4, -0.2) is 14.7 Å². The number of rotatable bonds is 3. The molecule has 130 valence electrons. The highest BCUT2D eigenvalue weighted by atomic mass is 19.1. The molecule has 3 aromatic carbocycles. The Bertz CT molecular complexity index is 1180. The summed E-state index contributed by atoms with van der Waals surface area (Å²) in [5.74, 6) is -0.352. The zero-order valence-corrected chi connectivity index (χ0v) is 14.2. The lowest BCUT2D eigenvalue weighted by Crippen LogP contribution is -2.24. The van der Waals surface area contributed by atoms with E-state index in [-0.39, 0.29) is 17.9 Å². The van der Waals surface area contributed by atoms with E-state index in [2.05, 4.69) is 4.98 Å². The van der Waals surface area contributed by atoms with Gasteiger partial charge in [-0.2, -0.15) is 0 Å². The van der Waals surface area contributed by atoms with E-state index in [1.54, 1.807) is 13.0 Å². The van der Waals surface area contributed by atoms with Crippen LogP contribution >= 0.6 is 0 Å². The molecule has 0 amide bonds. The molecule has 0 aliphatic heterocycles. The first-order valence-corrected chi connectivity index (χ1v) is 8.35. The minimum atomic E-state index is -0.923. The Kier molecular flexibility index (Phi) is 4.01. The van der Waals surface area contributed by atoms with Gasteiger partial charge in [0, 0.05) is 0 Å². The van der Waals surface area contributed by atoms with E-state index in [9.17, 15) is 14.3 Å². The molecule has 0 saturated carbocycles. The van der Waals surface area contributed by atoms with E-state index < -0.39 is 6.10 Å². The van der Waals surface area contributed by atoms with Crippen LogP contribution in [0, 0.1) is 12.7 Å². The van der Waals surface area contributed by atoms with Crippen LogP contribution < -0.4 is 5.56 Å². The van der Waals surface area contributed by atoms with Crippen LogP contribution in [0.3, 0.4) is 0 Å². The number of hydrogen-bond donors (Lipinski definition) is 1. The smallest absolute Gasteiger partial charge is 0.261 e. The van der Waals surface area contributed by atoms with Gasteiger partial charge in [0.1, 0.15) is 5.82 Å². The fourth-order valence-corrected chi connectivity index (χ4v) is 3.27. The van der Waals surface area contributed by atoms with Crippen molar-refractivity contribution in [1.29, 1.82) is 0 Å². The van der Waals surface area contributed by atoms with Crippen LogP contribution in [0.15, 0.2) is 65.7 Å². The fraction of sp³-hybridized carbons (Fsp3) is 0.143. The molecule has 1 heterocycles. The molecule has 1 aromatic heterocycles. The van der Waals surface area contributed by atoms with Crippen molar-refractivity contribution in [1.82, 2.24) is 9.55 Å². The number of aliphatic hydroxyl groups excluding tert-OH is 1. The van der Waals surface area contributed by atoms with Crippen molar-refractivity contribution in [3.63, 3.8) is 0 Å². The lowest BCUT2D eigenvalue weighted by Gasteiger charge is -2.15. The summed E-state index contributed by atoms with van der Waals surface area (Å²) in [5.41, 5.74) is 1.65. The maximum atomic E-state index is 13.3. The van der Waals surface area contributed by atoms with E-state index in [4.69, 9.17) is 0 Å². The first kappa shape index (κ1) is 16.4. The first-order chi connectivity index (χ1) is 12.5. The van der Waals surface area contributed by atoms with Crippen molar-refractivity contribution in [2.75, 3.05) is 0 Å². The van der Waals surface area contributed by atoms with Gasteiger partial charge in [0.15, 0.2) is 0 Å². The van der Waals surface area contributed by atoms with E-state index in [1.165, 1.54) is 23.0 Å². The van der Waals surface area contributed by atoms with Crippen molar-refractivity contribution < 1.29 is 9.50 Å². The molecule has 4 rings (SSSR count). The van der Waals surface area contributed by atoms with Gasteiger partial charge in [-0.15, -0.1) is 0 Å². The number of hydrogen-bond acceptors (Lipinski definition) is 3. The van der Waals surface area contributed by atoms with Gasteiger partial charge in [-0.3, -0.25) is 9.36 Å². The van der Waals surface area contributed by atoms with E-state index in [0.29, 0.717) is 22.0 Å². The van der Waals surface area contributed by atoms with E-state index >= 15 is 0 Å². The van der Waals surface area contributed by atoms with Gasteiger partial charge in [-0.25, -0.2) is 9.37 Å². The fourth-order valence-electron chi connectivity index (χ4n) is 3.27. The molecule has 1 N–H and O–H groups in total. The molecule has 0 aliphatic rings. The standard InChI is InChI=1S/C21H17FN2O2/c1-13-8-16(22)6-7-17(13)20(25)11-24-12-23-19-10-15-5-3-2-4-14(15)9-18(19)21(24)26/h2-10,12,20,25H,11H2,1H3. The van der Waals surface area contributed by atoms with Gasteiger partial charge in [-0.1, -0.05) is 30.3 Å². The predicted octanol–water partition coefficient (Wildman–Crippen LogP) is 3.73. The average molecular weight is 348 g/mol. The highest BCUT2D eigenvalue weighted by Gasteiger charge is 2.14. The van der Waals surface area contributed by atoms with Gasteiger partial charge in [0.25, 0.3) is 5.56 Å². The van der Waals surface area contributed by atoms with Gasteiger partial charge < -0.3 is 5.11 Å². The normalized spacial score (nSPS) is 12.6. The van der Waals surface area contributed by atoms with Crippen molar-refractivity contribution in [3.05, 3.63) is 88.2 Å². The second-order valence-corrected chi connectivity index (χ2v) is 6.44. The summed E-state index contributed by atoms with van der Waals surface area (Å²) in [6.07, 6.45) is 0.523. The summed E-state index contributed by atoms with van der Waals surface area (Å²) in [4.78, 5) is 17.2. The summed E-state index contributed by atoms with van der Waals surface area (Å²) >= 11 is 0. The molecule has 0 saturated heterocycles. The molecule has 26 heavy (non-hydrogen) atoms. The quantitative estimate of drug-likeness (QED) is 0.574. The number of aromatic nitrogens is 2. The lowest BCUT2D eigenvalue weighted by molar-refractivity contribution is 0.154. The molecule has 4 nitrogen and oxygen atoms in total. The topological polar surface area (TPSA) is 55.1 Å². The maximum absolute atomic E-state index is 13.3. The largest absolute Gasteiger partial charge is 0.387 e. The third-order valence-electron chi connectivity index (χ3n) is 4.65. The van der Waals surface area contributed by atoms with E-state index in [1.807, 2.05) is 36.4 Å². The molecule has 1 unspecified atom stereocenters. The maximum Gasteiger partial charge on any atom is 0.261 e. The van der Waals surface area contributed by atoms with Gasteiger partial charge in [0.2, 0.25) is 0 Å². The number of aliphatic hydroxyl groups is 1. The Morgan fingerprint density at radius 1 is 1.12 bits per heavy atom. The van der Waals surface area contributed by atoms with Crippen molar-refractivity contribution in [3.8, 4) is 0 Å². The molecule has 0 fully saturated rings. The zero-order chi connectivity index (χ0) is 18.3. The minimum Gasteiger partial charge on any atom is -0.387 e. The summed E-state index contributed by atoms with van der Waals surface area (Å²) in [7, 11) is 0. The number of aryl methyl sites for hydroxylation is 1. The molecule has 4 aromatic rings. The molecule has 0 bridgehead atoms. The molecule has 5 heteroatoms. The summed E-state index contributed by atoms with van der Waals surface area (Å²) in [6, 6.07) is 15.7. The van der Waals surface area contributed by atoms with Gasteiger partial charge in [-0.05, 0) is 53.1 Å². The SMILES string of the molecule is Cc1cc(F)ccc1C(O)Cn1cnc2cc3ccccc3cc2c1=O. The highest BCUT2D eigenvalue weighted by molar-refractivity contribution is 5.95. The summed E-state index contributed by atoms with van der Waals surface area (Å²) in [6.45, 7) is 1.79. The van der Waals surface area contributed by atoms with Crippen LogP contribution in [0.1, 0.15) is 17.2 Å². The molecule has 0 spiro atoms. The highest BCUT2D eigenvalue weighted by Crippen LogP contribution is 2.21. The Hall–Kier alpha value is -3.05. The monoisotopic (exact) mass is 348 g/mol. The number of benzene rings is 3. The Labute approximate surface area is 149 Å². The predicted molar refractivity (Wildman–Crippen MR) is 99.6 cm³/mol. The van der Waals surface area contributed by atoms with Crippen molar-refractivity contribution >= 4 is 21.7 Å². The lowest BCUT2D eigenvalue weighted by atomic mass is 10.0. The number of fused-ring (bicyclic) bond motifs is 2. The zero-order valence-electron chi connectivity index (χ0n) is 14.2. The molecule has 0 radical (unpaired) electrons. The van der Waals surface area contributed by atoms with Crippen LogP contribution in [0.5, 0.6) is 0 Å². The summed E-state index contributed by atoms with van der Waals surface area (Å²) in [5, 5.41) is 13.0. The van der Waals surface area contributed by atoms with Crippen LogP contribution in [0.4, 0.5) is 4.39 Å². The molecular formula is C21H17FN2O2.